The van der Waals surface area contributed by atoms with Crippen molar-refractivity contribution < 1.29 is 0 Å². The van der Waals surface area contributed by atoms with Crippen molar-refractivity contribution in [2.45, 2.75) is 9.96 Å². The fourth-order valence-electron chi connectivity index (χ4n) is 1.02. The number of pyridine rings is 1. The molecule has 0 bridgehead atoms. The molecule has 0 radical (unpaired) electrons. The molecule has 0 spiro atoms. The molecule has 0 aliphatic heterocycles. The average Bonchev–Trinajstić information content (AvgIpc) is 2.67. The van der Waals surface area contributed by atoms with E-state index in [9.17, 15) is 0 Å². The molecule has 0 unspecified atom stereocenters. The van der Waals surface area contributed by atoms with Gasteiger partial charge in [0.2, 0.25) is 0 Å². The lowest BCUT2D eigenvalue weighted by Gasteiger charge is -1.98. The van der Waals surface area contributed by atoms with Gasteiger partial charge < -0.3 is 0 Å². The van der Waals surface area contributed by atoms with E-state index < -0.39 is 0 Å². The summed E-state index contributed by atoms with van der Waals surface area (Å²) in [7, 11) is 0. The Morgan fingerprint density at radius 1 is 1.43 bits per heavy atom. The monoisotopic (exact) mass is 241 g/mol. The minimum absolute atomic E-state index is 0.752. The smallest absolute Gasteiger partial charge is 0.0602 e. The summed E-state index contributed by atoms with van der Waals surface area (Å²) in [6.07, 6.45) is 1.74. The van der Waals surface area contributed by atoms with Gasteiger partial charge in [-0.05, 0) is 23.6 Å². The second-order valence-electron chi connectivity index (χ2n) is 2.69. The predicted molar refractivity (Wildman–Crippen MR) is 63.1 cm³/mol. The fourth-order valence-corrected chi connectivity index (χ4v) is 2.89. The highest BCUT2D eigenvalue weighted by atomic mass is 35.5. The zero-order valence-corrected chi connectivity index (χ0v) is 9.70. The third kappa shape index (κ3) is 2.74. The number of halogens is 1. The number of thiophene rings is 1. The molecular formula is C10H8ClNS2. The molecule has 2 rings (SSSR count). The molecule has 0 saturated heterocycles. The van der Waals surface area contributed by atoms with Crippen LogP contribution < -0.4 is 0 Å². The van der Waals surface area contributed by atoms with Gasteiger partial charge in [-0.2, -0.15) is 0 Å². The minimum atomic E-state index is 0.752. The van der Waals surface area contributed by atoms with Gasteiger partial charge >= 0.3 is 0 Å². The first kappa shape index (κ1) is 10.0. The van der Waals surface area contributed by atoms with Crippen molar-refractivity contribution in [2.24, 2.45) is 0 Å². The molecule has 4 heteroatoms. The van der Waals surface area contributed by atoms with E-state index in [1.165, 1.54) is 4.21 Å². The zero-order valence-electron chi connectivity index (χ0n) is 7.31. The van der Waals surface area contributed by atoms with Gasteiger partial charge in [0.25, 0.3) is 0 Å². The van der Waals surface area contributed by atoms with E-state index in [1.54, 1.807) is 35.4 Å². The summed E-state index contributed by atoms with van der Waals surface area (Å²) >= 11 is 9.39. The Bertz CT molecular complexity index is 400. The van der Waals surface area contributed by atoms with Gasteiger partial charge in [-0.25, -0.2) is 0 Å². The third-order valence-electron chi connectivity index (χ3n) is 1.64. The van der Waals surface area contributed by atoms with Crippen LogP contribution in [0.1, 0.15) is 5.69 Å². The maximum absolute atomic E-state index is 5.86. The lowest BCUT2D eigenvalue weighted by molar-refractivity contribution is 1.18. The first-order valence-corrected chi connectivity index (χ1v) is 6.35. The van der Waals surface area contributed by atoms with Crippen LogP contribution in [0.5, 0.6) is 0 Å². The summed E-state index contributed by atoms with van der Waals surface area (Å²) in [6, 6.07) is 7.86. The summed E-state index contributed by atoms with van der Waals surface area (Å²) in [5, 5.41) is 2.83. The Labute approximate surface area is 96.1 Å². The van der Waals surface area contributed by atoms with Crippen molar-refractivity contribution in [3.63, 3.8) is 0 Å². The van der Waals surface area contributed by atoms with Crippen molar-refractivity contribution in [3.8, 4) is 0 Å². The quantitative estimate of drug-likeness (QED) is 0.751. The summed E-state index contributed by atoms with van der Waals surface area (Å²) in [5.74, 6) is 0.876. The van der Waals surface area contributed by atoms with E-state index in [-0.39, 0.29) is 0 Å². The first-order valence-electron chi connectivity index (χ1n) is 4.11. The Morgan fingerprint density at radius 3 is 3.07 bits per heavy atom. The van der Waals surface area contributed by atoms with E-state index >= 15 is 0 Å². The molecule has 0 saturated carbocycles. The maximum Gasteiger partial charge on any atom is 0.0602 e. The van der Waals surface area contributed by atoms with E-state index in [2.05, 4.69) is 22.5 Å². The molecule has 14 heavy (non-hydrogen) atoms. The molecule has 0 aliphatic rings. The van der Waals surface area contributed by atoms with E-state index in [0.717, 1.165) is 16.5 Å². The Hall–Kier alpha value is -0.510. The van der Waals surface area contributed by atoms with Crippen molar-refractivity contribution in [3.05, 3.63) is 46.6 Å². The van der Waals surface area contributed by atoms with Crippen LogP contribution in [0.25, 0.3) is 0 Å². The zero-order chi connectivity index (χ0) is 9.80. The lowest BCUT2D eigenvalue weighted by atomic mass is 10.4. The van der Waals surface area contributed by atoms with E-state index in [0.29, 0.717) is 0 Å². The van der Waals surface area contributed by atoms with Crippen molar-refractivity contribution in [2.75, 3.05) is 0 Å². The van der Waals surface area contributed by atoms with Crippen LogP contribution >= 0.6 is 34.7 Å². The van der Waals surface area contributed by atoms with Crippen LogP contribution in [-0.2, 0) is 5.75 Å². The van der Waals surface area contributed by atoms with Gasteiger partial charge in [0, 0.05) is 17.0 Å². The van der Waals surface area contributed by atoms with Gasteiger partial charge in [0.15, 0.2) is 0 Å². The standard InChI is InChI=1S/C10H8ClNS2/c11-8-3-4-12-9(6-8)7-14-10-2-1-5-13-10/h1-6H,7H2. The van der Waals surface area contributed by atoms with Crippen molar-refractivity contribution in [1.29, 1.82) is 0 Å². The summed E-state index contributed by atoms with van der Waals surface area (Å²) in [5.41, 5.74) is 1.02. The molecule has 0 aromatic carbocycles. The molecule has 0 atom stereocenters. The summed E-state index contributed by atoms with van der Waals surface area (Å²) < 4.78 is 1.31. The van der Waals surface area contributed by atoms with Gasteiger partial charge in [-0.1, -0.05) is 17.7 Å². The second-order valence-corrected chi connectivity index (χ2v) is 5.35. The average molecular weight is 242 g/mol. The summed E-state index contributed by atoms with van der Waals surface area (Å²) in [6.45, 7) is 0. The molecule has 2 aromatic rings. The number of nitrogens with zero attached hydrogens (tertiary/aromatic N) is 1. The molecule has 1 nitrogen and oxygen atoms in total. The molecule has 0 N–H and O–H groups in total. The van der Waals surface area contributed by atoms with Crippen LogP contribution in [0.15, 0.2) is 40.1 Å². The van der Waals surface area contributed by atoms with Crippen LogP contribution in [0, 0.1) is 0 Å². The molecule has 72 valence electrons. The lowest BCUT2D eigenvalue weighted by Crippen LogP contribution is -1.84. The van der Waals surface area contributed by atoms with Crippen LogP contribution in [-0.4, -0.2) is 4.98 Å². The van der Waals surface area contributed by atoms with Crippen molar-refractivity contribution >= 4 is 34.7 Å². The van der Waals surface area contributed by atoms with Gasteiger partial charge in [0.05, 0.1) is 9.90 Å². The highest BCUT2D eigenvalue weighted by molar-refractivity contribution is 8.00. The number of rotatable bonds is 3. The van der Waals surface area contributed by atoms with E-state index in [1.807, 2.05) is 6.07 Å². The van der Waals surface area contributed by atoms with Crippen molar-refractivity contribution in [1.82, 2.24) is 4.98 Å². The SMILES string of the molecule is Clc1ccnc(CSc2cccs2)c1. The highest BCUT2D eigenvalue weighted by Crippen LogP contribution is 2.26. The third-order valence-corrected chi connectivity index (χ3v) is 4.04. The number of hydrogen-bond acceptors (Lipinski definition) is 3. The number of aromatic nitrogens is 1. The maximum atomic E-state index is 5.86. The normalized spacial score (nSPS) is 10.4. The second kappa shape index (κ2) is 4.82. The predicted octanol–water partition coefficient (Wildman–Crippen LogP) is 4.09. The first-order chi connectivity index (χ1) is 6.84. The van der Waals surface area contributed by atoms with Gasteiger partial charge in [-0.15, -0.1) is 23.1 Å². The summed E-state index contributed by atoms with van der Waals surface area (Å²) in [4.78, 5) is 4.24. The molecular weight excluding hydrogens is 234 g/mol. The van der Waals surface area contributed by atoms with Crippen LogP contribution in [0.2, 0.25) is 5.02 Å². The molecule has 0 aliphatic carbocycles. The van der Waals surface area contributed by atoms with Crippen LogP contribution in [0.3, 0.4) is 0 Å². The van der Waals surface area contributed by atoms with Gasteiger partial charge in [0.1, 0.15) is 0 Å². The molecule has 2 heterocycles. The minimum Gasteiger partial charge on any atom is -0.260 e. The number of hydrogen-bond donors (Lipinski definition) is 0. The van der Waals surface area contributed by atoms with E-state index in [4.69, 9.17) is 11.6 Å². The topological polar surface area (TPSA) is 12.9 Å². The number of thioether (sulfide) groups is 1. The Kier molecular flexibility index (Phi) is 3.45. The molecule has 0 fully saturated rings. The molecule has 0 amide bonds. The van der Waals surface area contributed by atoms with Crippen LogP contribution in [0.4, 0.5) is 0 Å². The van der Waals surface area contributed by atoms with Gasteiger partial charge in [-0.3, -0.25) is 4.98 Å². The highest BCUT2D eigenvalue weighted by Gasteiger charge is 1.98. The molecule has 2 aromatic heterocycles. The Morgan fingerprint density at radius 2 is 2.36 bits per heavy atom. The fraction of sp³-hybridized carbons (Fsp3) is 0.100. The largest absolute Gasteiger partial charge is 0.260 e. The Balaban J connectivity index is 1.98.